The van der Waals surface area contributed by atoms with E-state index in [9.17, 15) is 14.9 Å². The number of rotatable bonds is 4. The molecule has 92 valence electrons. The molecule has 0 atom stereocenters. The molecule has 0 bridgehead atoms. The summed E-state index contributed by atoms with van der Waals surface area (Å²) in [5.41, 5.74) is 5.83. The summed E-state index contributed by atoms with van der Waals surface area (Å²) in [6, 6.07) is 2.65. The average molecular weight is 238 g/mol. The van der Waals surface area contributed by atoms with Gasteiger partial charge in [0, 0.05) is 18.2 Å². The average Bonchev–Trinajstić information content (AvgIpc) is 2.72. The molecule has 0 saturated heterocycles. The van der Waals surface area contributed by atoms with Gasteiger partial charge in [-0.05, 0) is 30.3 Å². The summed E-state index contributed by atoms with van der Waals surface area (Å²) in [7, 11) is 0. The largest absolute Gasteiger partial charge is 0.358 e. The second kappa shape index (κ2) is 4.17. The van der Waals surface area contributed by atoms with Gasteiger partial charge in [0.25, 0.3) is 5.91 Å². The zero-order valence-electron chi connectivity index (χ0n) is 9.23. The lowest BCUT2D eigenvalue weighted by Crippen LogP contribution is -2.54. The Bertz CT molecular complexity index is 450. The molecule has 0 aromatic carbocycles. The molecule has 1 saturated carbocycles. The molecule has 7 nitrogen and oxygen atoms in total. The van der Waals surface area contributed by atoms with Crippen molar-refractivity contribution in [2.45, 2.75) is 24.8 Å². The van der Waals surface area contributed by atoms with Crippen molar-refractivity contribution in [3.63, 3.8) is 0 Å². The zero-order valence-corrected chi connectivity index (χ0v) is 9.23. The molecule has 0 spiro atoms. The highest BCUT2D eigenvalue weighted by Crippen LogP contribution is 2.28. The monoisotopic (exact) mass is 238 g/mol. The molecule has 1 aliphatic carbocycles. The van der Waals surface area contributed by atoms with E-state index in [1.54, 1.807) is 0 Å². The van der Waals surface area contributed by atoms with Gasteiger partial charge in [-0.2, -0.15) is 0 Å². The van der Waals surface area contributed by atoms with Gasteiger partial charge < -0.3 is 21.2 Å². The SMILES string of the molecule is NC1(CNC(=O)c2ccc([N+](=O)[O-])[nH]2)CCC1. The summed E-state index contributed by atoms with van der Waals surface area (Å²) >= 11 is 0. The number of nitrogens with zero attached hydrogens (tertiary/aromatic N) is 1. The molecule has 0 radical (unpaired) electrons. The Hall–Kier alpha value is -1.89. The summed E-state index contributed by atoms with van der Waals surface area (Å²) in [4.78, 5) is 23.9. The van der Waals surface area contributed by atoms with E-state index in [2.05, 4.69) is 10.3 Å². The summed E-state index contributed by atoms with van der Waals surface area (Å²) in [5.74, 6) is -0.559. The number of hydrogen-bond acceptors (Lipinski definition) is 4. The summed E-state index contributed by atoms with van der Waals surface area (Å²) < 4.78 is 0. The molecule has 1 aromatic heterocycles. The Labute approximate surface area is 97.5 Å². The molecule has 0 aliphatic heterocycles. The van der Waals surface area contributed by atoms with Crippen molar-refractivity contribution in [1.29, 1.82) is 0 Å². The van der Waals surface area contributed by atoms with Gasteiger partial charge in [-0.1, -0.05) is 0 Å². The number of nitrogens with two attached hydrogens (primary N) is 1. The van der Waals surface area contributed by atoms with E-state index in [1.807, 2.05) is 0 Å². The zero-order chi connectivity index (χ0) is 12.5. The number of carbonyl (C=O) groups is 1. The van der Waals surface area contributed by atoms with Crippen LogP contribution < -0.4 is 11.1 Å². The van der Waals surface area contributed by atoms with E-state index >= 15 is 0 Å². The van der Waals surface area contributed by atoms with Crippen molar-refractivity contribution in [3.05, 3.63) is 27.9 Å². The number of amides is 1. The van der Waals surface area contributed by atoms with Crippen LogP contribution in [0.15, 0.2) is 12.1 Å². The third-order valence-electron chi connectivity index (χ3n) is 3.06. The van der Waals surface area contributed by atoms with Gasteiger partial charge in [0.1, 0.15) is 0 Å². The van der Waals surface area contributed by atoms with Gasteiger partial charge in [0.15, 0.2) is 5.69 Å². The first-order valence-corrected chi connectivity index (χ1v) is 5.41. The number of nitrogens with one attached hydrogen (secondary N) is 2. The molecular weight excluding hydrogens is 224 g/mol. The first kappa shape index (κ1) is 11.6. The van der Waals surface area contributed by atoms with E-state index in [0.717, 1.165) is 19.3 Å². The Morgan fingerprint density at radius 1 is 1.59 bits per heavy atom. The molecular formula is C10H14N4O3. The molecule has 1 fully saturated rings. The molecule has 0 unspecified atom stereocenters. The molecule has 7 heteroatoms. The first-order valence-electron chi connectivity index (χ1n) is 5.41. The highest BCUT2D eigenvalue weighted by molar-refractivity contribution is 5.92. The minimum Gasteiger partial charge on any atom is -0.358 e. The van der Waals surface area contributed by atoms with Crippen LogP contribution in [-0.2, 0) is 0 Å². The van der Waals surface area contributed by atoms with Crippen LogP contribution in [0.1, 0.15) is 29.8 Å². The van der Waals surface area contributed by atoms with Crippen LogP contribution in [0.3, 0.4) is 0 Å². The fourth-order valence-corrected chi connectivity index (χ4v) is 1.78. The quantitative estimate of drug-likeness (QED) is 0.524. The van der Waals surface area contributed by atoms with Gasteiger partial charge in [-0.25, -0.2) is 4.98 Å². The topological polar surface area (TPSA) is 114 Å². The maximum atomic E-state index is 11.6. The van der Waals surface area contributed by atoms with Crippen molar-refractivity contribution in [2.75, 3.05) is 6.54 Å². The molecule has 1 amide bonds. The first-order chi connectivity index (χ1) is 8.00. The summed E-state index contributed by atoms with van der Waals surface area (Å²) in [6.45, 7) is 0.401. The number of carbonyl (C=O) groups excluding carboxylic acids is 1. The predicted molar refractivity (Wildman–Crippen MR) is 60.5 cm³/mol. The van der Waals surface area contributed by atoms with E-state index in [4.69, 9.17) is 5.73 Å². The Morgan fingerprint density at radius 3 is 2.76 bits per heavy atom. The lowest BCUT2D eigenvalue weighted by atomic mass is 9.78. The van der Waals surface area contributed by atoms with Gasteiger partial charge >= 0.3 is 5.82 Å². The Kier molecular flexibility index (Phi) is 2.84. The normalized spacial score (nSPS) is 17.2. The molecule has 17 heavy (non-hydrogen) atoms. The maximum Gasteiger partial charge on any atom is 0.321 e. The summed E-state index contributed by atoms with van der Waals surface area (Å²) in [5, 5.41) is 13.1. The standard InChI is InChI=1S/C10H14N4O3/c11-10(4-1-5-10)6-12-9(15)7-2-3-8(13-7)14(16)17/h2-3,13H,1,4-6,11H2,(H,12,15). The fourth-order valence-electron chi connectivity index (χ4n) is 1.78. The van der Waals surface area contributed by atoms with Crippen LogP contribution in [0.4, 0.5) is 5.82 Å². The number of aromatic nitrogens is 1. The van der Waals surface area contributed by atoms with Crippen LogP contribution in [0.25, 0.3) is 0 Å². The van der Waals surface area contributed by atoms with Crippen LogP contribution >= 0.6 is 0 Å². The molecule has 1 heterocycles. The number of aromatic amines is 1. The predicted octanol–water partition coefficient (Wildman–Crippen LogP) is 0.534. The van der Waals surface area contributed by atoms with Crippen LogP contribution in [0, 0.1) is 10.1 Å². The number of hydrogen-bond donors (Lipinski definition) is 3. The lowest BCUT2D eigenvalue weighted by molar-refractivity contribution is -0.389. The van der Waals surface area contributed by atoms with E-state index in [1.165, 1.54) is 12.1 Å². The minimum atomic E-state index is -0.576. The van der Waals surface area contributed by atoms with Crippen LogP contribution in [-0.4, -0.2) is 27.9 Å². The minimum absolute atomic E-state index is 0.180. The number of H-pyrrole nitrogens is 1. The second-order valence-electron chi connectivity index (χ2n) is 4.41. The van der Waals surface area contributed by atoms with Crippen LogP contribution in [0.2, 0.25) is 0 Å². The van der Waals surface area contributed by atoms with E-state index < -0.39 is 4.92 Å². The molecule has 1 aliphatic rings. The van der Waals surface area contributed by atoms with Crippen molar-refractivity contribution < 1.29 is 9.72 Å². The third kappa shape index (κ3) is 2.44. The third-order valence-corrected chi connectivity index (χ3v) is 3.06. The molecule has 1 aromatic rings. The Morgan fingerprint density at radius 2 is 2.29 bits per heavy atom. The van der Waals surface area contributed by atoms with Gasteiger partial charge in [-0.3, -0.25) is 4.79 Å². The van der Waals surface area contributed by atoms with Crippen LogP contribution in [0.5, 0.6) is 0 Å². The molecule has 4 N–H and O–H groups in total. The lowest BCUT2D eigenvalue weighted by Gasteiger charge is -2.37. The van der Waals surface area contributed by atoms with Crippen molar-refractivity contribution in [3.8, 4) is 0 Å². The van der Waals surface area contributed by atoms with Crippen molar-refractivity contribution >= 4 is 11.7 Å². The maximum absolute atomic E-state index is 11.6. The number of nitro groups is 1. The van der Waals surface area contributed by atoms with Gasteiger partial charge in [0.05, 0.1) is 0 Å². The summed E-state index contributed by atoms with van der Waals surface area (Å²) in [6.07, 6.45) is 2.89. The second-order valence-corrected chi connectivity index (χ2v) is 4.41. The van der Waals surface area contributed by atoms with Gasteiger partial charge in [-0.15, -0.1) is 0 Å². The Balaban J connectivity index is 1.92. The van der Waals surface area contributed by atoms with Crippen molar-refractivity contribution in [2.24, 2.45) is 5.73 Å². The van der Waals surface area contributed by atoms with Crippen molar-refractivity contribution in [1.82, 2.24) is 10.3 Å². The molecule has 2 rings (SSSR count). The fraction of sp³-hybridized carbons (Fsp3) is 0.500. The van der Waals surface area contributed by atoms with E-state index in [0.29, 0.717) is 6.54 Å². The van der Waals surface area contributed by atoms with Gasteiger partial charge in [0.2, 0.25) is 0 Å². The smallest absolute Gasteiger partial charge is 0.321 e. The van der Waals surface area contributed by atoms with E-state index in [-0.39, 0.29) is 23.0 Å². The highest BCUT2D eigenvalue weighted by Gasteiger charge is 2.33. The highest BCUT2D eigenvalue weighted by atomic mass is 16.6.